The van der Waals surface area contributed by atoms with Crippen molar-refractivity contribution in [3.05, 3.63) is 0 Å². The molecular weight excluding hydrogens is 307 g/mol. The first-order chi connectivity index (χ1) is 9.61. The highest BCUT2D eigenvalue weighted by molar-refractivity contribution is 7.86. The van der Waals surface area contributed by atoms with Crippen molar-refractivity contribution in [1.29, 1.82) is 0 Å². The van der Waals surface area contributed by atoms with Crippen molar-refractivity contribution < 1.29 is 31.0 Å². The van der Waals surface area contributed by atoms with Crippen molar-refractivity contribution in [2.75, 3.05) is 19.6 Å². The Balaban J connectivity index is 0.000000433. The topological polar surface area (TPSA) is 61.6 Å². The summed E-state index contributed by atoms with van der Waals surface area (Å²) in [7, 11) is -6.09. The molecule has 1 fully saturated rings. The molecule has 0 aromatic rings. The Hall–Kier alpha value is -0.340. The molecule has 0 aromatic heterocycles. The molecule has 0 saturated carbocycles. The molecule has 0 spiro atoms. The highest BCUT2D eigenvalue weighted by atomic mass is 32.2. The summed E-state index contributed by atoms with van der Waals surface area (Å²) in [5.74, 6) is 1.05. The van der Waals surface area contributed by atoms with Crippen LogP contribution in [0.25, 0.3) is 0 Å². The molecule has 1 rings (SSSR count). The molecule has 0 amide bonds. The summed E-state index contributed by atoms with van der Waals surface area (Å²) in [5, 5.41) is 0. The number of rotatable bonds is 5. The number of likely N-dealkylation sites (tertiary alicyclic amines) is 1. The van der Waals surface area contributed by atoms with Gasteiger partial charge in [0.05, 0.1) is 19.6 Å². The van der Waals surface area contributed by atoms with Crippen molar-refractivity contribution in [1.82, 2.24) is 0 Å². The number of unbranched alkanes of at least 4 members (excludes halogenated alkanes) is 1. The summed E-state index contributed by atoms with van der Waals surface area (Å²) < 4.78 is 58.9. The largest absolute Gasteiger partial charge is 0.741 e. The predicted molar refractivity (Wildman–Crippen MR) is 73.9 cm³/mol. The Labute approximate surface area is 125 Å². The standard InChI is InChI=1S/C12H25N.CHF3O3S/c1-3-5-9-13-10-6-8-12(11-13)7-4-2;2-1(3,4)8(5,6)7/h12H,3-11H2,1-2H3;(H,5,6,7). The summed E-state index contributed by atoms with van der Waals surface area (Å²) in [6.07, 6.45) is 8.62. The van der Waals surface area contributed by atoms with Gasteiger partial charge in [-0.25, -0.2) is 8.42 Å². The molecule has 1 aliphatic heterocycles. The van der Waals surface area contributed by atoms with Crippen LogP contribution in [0.4, 0.5) is 13.2 Å². The molecule has 4 nitrogen and oxygen atoms in total. The van der Waals surface area contributed by atoms with Crippen LogP contribution in [-0.2, 0) is 10.1 Å². The number of quaternary nitrogens is 1. The third-order valence-corrected chi connectivity index (χ3v) is 4.15. The van der Waals surface area contributed by atoms with E-state index in [-0.39, 0.29) is 0 Å². The lowest BCUT2D eigenvalue weighted by Crippen LogP contribution is -3.13. The van der Waals surface area contributed by atoms with Crippen LogP contribution in [-0.4, -0.2) is 38.1 Å². The average molecular weight is 333 g/mol. The molecule has 1 saturated heterocycles. The molecule has 0 aliphatic carbocycles. The summed E-state index contributed by atoms with van der Waals surface area (Å²) in [4.78, 5) is 1.88. The van der Waals surface area contributed by atoms with E-state index in [4.69, 9.17) is 13.0 Å². The average Bonchev–Trinajstić information content (AvgIpc) is 2.35. The zero-order valence-corrected chi connectivity index (χ0v) is 13.5. The molecule has 0 radical (unpaired) electrons. The van der Waals surface area contributed by atoms with E-state index in [1.807, 2.05) is 4.90 Å². The normalized spacial score (nSPS) is 23.3. The van der Waals surface area contributed by atoms with Crippen LogP contribution in [0, 0.1) is 5.92 Å². The second kappa shape index (κ2) is 9.63. The predicted octanol–water partition coefficient (Wildman–Crippen LogP) is 1.93. The van der Waals surface area contributed by atoms with E-state index in [1.54, 1.807) is 0 Å². The van der Waals surface area contributed by atoms with Gasteiger partial charge >= 0.3 is 5.51 Å². The zero-order chi connectivity index (χ0) is 16.5. The number of nitrogens with one attached hydrogen (secondary N) is 1. The first-order valence-electron chi connectivity index (χ1n) is 7.47. The lowest BCUT2D eigenvalue weighted by atomic mass is 9.93. The van der Waals surface area contributed by atoms with Crippen LogP contribution in [0.15, 0.2) is 0 Å². The molecule has 1 heterocycles. The number of hydrogen-bond donors (Lipinski definition) is 1. The Morgan fingerprint density at radius 2 is 1.81 bits per heavy atom. The highest BCUT2D eigenvalue weighted by Gasteiger charge is 2.36. The van der Waals surface area contributed by atoms with Gasteiger partial charge in [-0.05, 0) is 25.7 Å². The van der Waals surface area contributed by atoms with Crippen LogP contribution >= 0.6 is 0 Å². The molecule has 8 heteroatoms. The quantitative estimate of drug-likeness (QED) is 0.618. The van der Waals surface area contributed by atoms with Gasteiger partial charge in [-0.2, -0.15) is 13.2 Å². The summed E-state index contributed by atoms with van der Waals surface area (Å²) in [6.45, 7) is 8.96. The molecule has 0 bridgehead atoms. The van der Waals surface area contributed by atoms with E-state index in [1.165, 1.54) is 58.2 Å². The van der Waals surface area contributed by atoms with Gasteiger partial charge in [-0.3, -0.25) is 0 Å². The Morgan fingerprint density at radius 1 is 1.24 bits per heavy atom. The molecular formula is C13H26F3NO3S. The number of piperidine rings is 1. The smallest absolute Gasteiger partial charge is 0.485 e. The van der Waals surface area contributed by atoms with E-state index >= 15 is 0 Å². The van der Waals surface area contributed by atoms with E-state index in [0.717, 1.165) is 5.92 Å². The summed E-state index contributed by atoms with van der Waals surface area (Å²) >= 11 is 0. The van der Waals surface area contributed by atoms with Gasteiger partial charge in [-0.1, -0.05) is 26.7 Å². The van der Waals surface area contributed by atoms with Crippen LogP contribution < -0.4 is 4.90 Å². The van der Waals surface area contributed by atoms with Gasteiger partial charge in [0.15, 0.2) is 10.1 Å². The molecule has 0 aromatic carbocycles. The maximum Gasteiger partial charge on any atom is 0.485 e. The Kier molecular flexibility index (Phi) is 9.48. The van der Waals surface area contributed by atoms with Crippen molar-refractivity contribution in [2.24, 2.45) is 5.92 Å². The van der Waals surface area contributed by atoms with E-state index in [9.17, 15) is 13.2 Å². The second-order valence-electron chi connectivity index (χ2n) is 5.50. The minimum absolute atomic E-state index is 1.05. The number of alkyl halides is 3. The fourth-order valence-corrected chi connectivity index (χ4v) is 2.56. The molecule has 128 valence electrons. The minimum Gasteiger partial charge on any atom is -0.741 e. The SMILES string of the molecule is CCCC[NH+]1CCCC(CCC)C1.O=S(=O)([O-])C(F)(F)F. The van der Waals surface area contributed by atoms with Gasteiger partial charge in [-0.15, -0.1) is 0 Å². The zero-order valence-electron chi connectivity index (χ0n) is 12.7. The van der Waals surface area contributed by atoms with E-state index in [0.29, 0.717) is 0 Å². The first-order valence-corrected chi connectivity index (χ1v) is 8.88. The molecule has 1 N–H and O–H groups in total. The summed E-state index contributed by atoms with van der Waals surface area (Å²) in [6, 6.07) is 0. The molecule has 2 unspecified atom stereocenters. The third kappa shape index (κ3) is 9.31. The maximum atomic E-state index is 10.7. The monoisotopic (exact) mass is 333 g/mol. The van der Waals surface area contributed by atoms with Crippen LogP contribution in [0.3, 0.4) is 0 Å². The van der Waals surface area contributed by atoms with Gasteiger partial charge < -0.3 is 9.45 Å². The third-order valence-electron chi connectivity index (χ3n) is 3.58. The first kappa shape index (κ1) is 20.7. The van der Waals surface area contributed by atoms with E-state index in [2.05, 4.69) is 13.8 Å². The Bertz CT molecular complexity index is 369. The van der Waals surface area contributed by atoms with Gasteiger partial charge in [0.2, 0.25) is 0 Å². The van der Waals surface area contributed by atoms with Crippen molar-refractivity contribution in [3.63, 3.8) is 0 Å². The van der Waals surface area contributed by atoms with Crippen LogP contribution in [0.1, 0.15) is 52.4 Å². The van der Waals surface area contributed by atoms with E-state index < -0.39 is 15.6 Å². The lowest BCUT2D eigenvalue weighted by Gasteiger charge is -2.29. The van der Waals surface area contributed by atoms with Crippen molar-refractivity contribution >= 4 is 10.1 Å². The number of halogens is 3. The fourth-order valence-electron chi connectivity index (χ4n) is 2.56. The van der Waals surface area contributed by atoms with Crippen molar-refractivity contribution in [3.8, 4) is 0 Å². The Morgan fingerprint density at radius 3 is 2.24 bits per heavy atom. The van der Waals surface area contributed by atoms with Gasteiger partial charge in [0.25, 0.3) is 0 Å². The lowest BCUT2D eigenvalue weighted by molar-refractivity contribution is -0.909. The van der Waals surface area contributed by atoms with Crippen LogP contribution in [0.5, 0.6) is 0 Å². The summed E-state index contributed by atoms with van der Waals surface area (Å²) in [5.41, 5.74) is -5.65. The fraction of sp³-hybridized carbons (Fsp3) is 1.00. The molecule has 21 heavy (non-hydrogen) atoms. The highest BCUT2D eigenvalue weighted by Crippen LogP contribution is 2.20. The van der Waals surface area contributed by atoms with Gasteiger partial charge in [0, 0.05) is 5.92 Å². The minimum atomic E-state index is -6.09. The molecule has 2 atom stereocenters. The molecule has 1 aliphatic rings. The number of hydrogen-bond acceptors (Lipinski definition) is 3. The second-order valence-corrected chi connectivity index (χ2v) is 6.88. The van der Waals surface area contributed by atoms with Crippen LogP contribution in [0.2, 0.25) is 0 Å². The van der Waals surface area contributed by atoms with Gasteiger partial charge in [0.1, 0.15) is 0 Å². The maximum absolute atomic E-state index is 10.7. The van der Waals surface area contributed by atoms with Crippen molar-refractivity contribution in [2.45, 2.75) is 57.9 Å².